The van der Waals surface area contributed by atoms with Gasteiger partial charge in [0.15, 0.2) is 0 Å². The molecule has 2 unspecified atom stereocenters. The van der Waals surface area contributed by atoms with Gasteiger partial charge in [0, 0.05) is 56.8 Å². The second kappa shape index (κ2) is 11.2. The molecule has 0 saturated carbocycles. The lowest BCUT2D eigenvalue weighted by Gasteiger charge is -2.42. The molecule has 3 heterocycles. The van der Waals surface area contributed by atoms with Crippen LogP contribution in [0.4, 0.5) is 0 Å². The van der Waals surface area contributed by atoms with E-state index in [-0.39, 0.29) is 0 Å². The van der Waals surface area contributed by atoms with Crippen LogP contribution in [0.5, 0.6) is 11.6 Å². The van der Waals surface area contributed by atoms with Gasteiger partial charge >= 0.3 is 0 Å². The van der Waals surface area contributed by atoms with Crippen LogP contribution in [0.15, 0.2) is 42.6 Å². The average Bonchev–Trinajstić information content (AvgIpc) is 2.84. The largest absolute Gasteiger partial charge is 0.497 e. The fourth-order valence-electron chi connectivity index (χ4n) is 4.75. The van der Waals surface area contributed by atoms with Crippen LogP contribution < -0.4 is 9.47 Å². The van der Waals surface area contributed by atoms with Crippen molar-refractivity contribution in [2.75, 3.05) is 65.9 Å². The molecule has 1 aromatic heterocycles. The molecule has 2 saturated heterocycles. The van der Waals surface area contributed by atoms with E-state index in [9.17, 15) is 8.42 Å². The highest BCUT2D eigenvalue weighted by molar-refractivity contribution is 7.88. The normalized spacial score (nSPS) is 23.0. The van der Waals surface area contributed by atoms with E-state index in [0.717, 1.165) is 45.0 Å². The maximum absolute atomic E-state index is 11.8. The Bertz CT molecular complexity index is 1030. The summed E-state index contributed by atoms with van der Waals surface area (Å²) in [6.45, 7) is 5.94. The summed E-state index contributed by atoms with van der Waals surface area (Å²) in [5.41, 5.74) is 1.27. The molecule has 0 bridgehead atoms. The molecular formula is C24H33ClN4O4S. The van der Waals surface area contributed by atoms with Gasteiger partial charge in [-0.25, -0.2) is 13.4 Å². The summed E-state index contributed by atoms with van der Waals surface area (Å²) < 4.78 is 36.6. The molecule has 0 amide bonds. The van der Waals surface area contributed by atoms with Gasteiger partial charge in [0.05, 0.1) is 31.7 Å². The second-order valence-electron chi connectivity index (χ2n) is 9.05. The first-order chi connectivity index (χ1) is 16.3. The molecule has 8 nitrogen and oxygen atoms in total. The number of methoxy groups -OCH3 is 1. The molecule has 0 spiro atoms. The fourth-order valence-corrected chi connectivity index (χ4v) is 5.69. The molecule has 2 atom stereocenters. The molecule has 4 rings (SSSR count). The molecule has 2 fully saturated rings. The number of rotatable bonds is 8. The van der Waals surface area contributed by atoms with Gasteiger partial charge in [-0.15, -0.1) is 0 Å². The van der Waals surface area contributed by atoms with Crippen molar-refractivity contribution in [3.8, 4) is 11.6 Å². The van der Waals surface area contributed by atoms with Crippen LogP contribution >= 0.6 is 11.6 Å². The van der Waals surface area contributed by atoms with Gasteiger partial charge in [0.25, 0.3) is 0 Å². The van der Waals surface area contributed by atoms with Gasteiger partial charge in [-0.3, -0.25) is 9.80 Å². The zero-order chi connectivity index (χ0) is 24.1. The Labute approximate surface area is 207 Å². The van der Waals surface area contributed by atoms with Crippen molar-refractivity contribution in [3.05, 3.63) is 53.2 Å². The number of hydrogen-bond donors (Lipinski definition) is 0. The van der Waals surface area contributed by atoms with E-state index in [1.54, 1.807) is 29.7 Å². The van der Waals surface area contributed by atoms with Gasteiger partial charge in [-0.1, -0.05) is 23.7 Å². The number of piperidine rings is 1. The summed E-state index contributed by atoms with van der Waals surface area (Å²) in [5.74, 6) is 2.09. The summed E-state index contributed by atoms with van der Waals surface area (Å²) in [7, 11) is -1.44. The van der Waals surface area contributed by atoms with Gasteiger partial charge in [-0.2, -0.15) is 4.31 Å². The minimum absolute atomic E-state index is 0.310. The average molecular weight is 509 g/mol. The van der Waals surface area contributed by atoms with Gasteiger partial charge in [0.2, 0.25) is 15.9 Å². The monoisotopic (exact) mass is 508 g/mol. The molecule has 2 aromatic rings. The zero-order valence-corrected chi connectivity index (χ0v) is 21.3. The third-order valence-electron chi connectivity index (χ3n) is 6.73. The first-order valence-electron chi connectivity index (χ1n) is 11.6. The second-order valence-corrected chi connectivity index (χ2v) is 11.5. The Kier molecular flexibility index (Phi) is 8.31. The maximum Gasteiger partial charge on any atom is 0.213 e. The van der Waals surface area contributed by atoms with E-state index in [1.165, 1.54) is 11.8 Å². The molecule has 0 aliphatic carbocycles. The molecule has 2 aliphatic heterocycles. The highest BCUT2D eigenvalue weighted by atomic mass is 35.5. The minimum Gasteiger partial charge on any atom is -0.497 e. The van der Waals surface area contributed by atoms with Crippen LogP contribution in [-0.2, 0) is 10.0 Å². The lowest BCUT2D eigenvalue weighted by molar-refractivity contribution is 0.0531. The predicted molar refractivity (Wildman–Crippen MR) is 133 cm³/mol. The third kappa shape index (κ3) is 6.60. The first-order valence-corrected chi connectivity index (χ1v) is 13.8. The number of hydrogen-bond acceptors (Lipinski definition) is 7. The summed E-state index contributed by atoms with van der Waals surface area (Å²) in [4.78, 5) is 9.09. The minimum atomic E-state index is -3.12. The zero-order valence-electron chi connectivity index (χ0n) is 19.8. The highest BCUT2D eigenvalue weighted by Gasteiger charge is 2.33. The number of nitrogens with zero attached hydrogens (tertiary/aromatic N) is 4. The van der Waals surface area contributed by atoms with Crippen LogP contribution in [0.2, 0.25) is 5.02 Å². The summed E-state index contributed by atoms with van der Waals surface area (Å²) in [6, 6.07) is 11.9. The smallest absolute Gasteiger partial charge is 0.213 e. The Hall–Kier alpha value is -1.91. The number of ether oxygens (including phenoxy) is 2. The lowest BCUT2D eigenvalue weighted by Crippen LogP contribution is -2.53. The van der Waals surface area contributed by atoms with Crippen molar-refractivity contribution in [1.82, 2.24) is 19.1 Å². The van der Waals surface area contributed by atoms with E-state index >= 15 is 0 Å². The topological polar surface area (TPSA) is 75.2 Å². The summed E-state index contributed by atoms with van der Waals surface area (Å²) in [6.07, 6.45) is 3.89. The molecular weight excluding hydrogens is 476 g/mol. The number of pyridine rings is 1. The van der Waals surface area contributed by atoms with E-state index < -0.39 is 10.0 Å². The van der Waals surface area contributed by atoms with Crippen molar-refractivity contribution >= 4 is 21.6 Å². The van der Waals surface area contributed by atoms with E-state index in [0.29, 0.717) is 42.4 Å². The quantitative estimate of drug-likeness (QED) is 0.542. The first kappa shape index (κ1) is 25.2. The number of sulfonamides is 1. The molecule has 2 aliphatic rings. The number of piperazine rings is 1. The molecule has 186 valence electrons. The number of likely N-dealkylation sites (tertiary alicyclic amines) is 1. The molecule has 1 aromatic carbocycles. The van der Waals surface area contributed by atoms with Gasteiger partial charge < -0.3 is 9.47 Å². The highest BCUT2D eigenvalue weighted by Crippen LogP contribution is 2.34. The van der Waals surface area contributed by atoms with Crippen molar-refractivity contribution in [2.45, 2.75) is 12.3 Å². The molecule has 0 N–H and O–H groups in total. The lowest BCUT2D eigenvalue weighted by atomic mass is 9.81. The van der Waals surface area contributed by atoms with Crippen molar-refractivity contribution in [3.63, 3.8) is 0 Å². The Balaban J connectivity index is 1.40. The van der Waals surface area contributed by atoms with Crippen LogP contribution in [0, 0.1) is 5.92 Å². The van der Waals surface area contributed by atoms with Crippen LogP contribution in [0.25, 0.3) is 0 Å². The maximum atomic E-state index is 11.8. The summed E-state index contributed by atoms with van der Waals surface area (Å²) in [5, 5.41) is 0.592. The van der Waals surface area contributed by atoms with E-state index in [4.69, 9.17) is 21.1 Å². The van der Waals surface area contributed by atoms with Crippen molar-refractivity contribution in [2.24, 2.45) is 5.92 Å². The molecule has 0 radical (unpaired) electrons. The third-order valence-corrected chi connectivity index (χ3v) is 8.26. The van der Waals surface area contributed by atoms with Gasteiger partial charge in [0.1, 0.15) is 5.75 Å². The molecule has 34 heavy (non-hydrogen) atoms. The van der Waals surface area contributed by atoms with Gasteiger partial charge in [-0.05, 0) is 36.7 Å². The number of benzene rings is 1. The van der Waals surface area contributed by atoms with Crippen LogP contribution in [0.3, 0.4) is 0 Å². The summed E-state index contributed by atoms with van der Waals surface area (Å²) >= 11 is 5.94. The Morgan fingerprint density at radius 2 is 1.76 bits per heavy atom. The number of halogens is 1. The SMILES string of the molecule is COc1ccc(C2CN(CN3CCN(S(C)(=O)=O)CC3)CCC2COc2ccc(Cl)cn2)cc1. The standard InChI is InChI=1S/C24H33ClN4O4S/c1-32-22-6-3-19(4-7-22)23-16-28(18-27-11-13-29(14-12-27)34(2,30)31)10-9-20(23)17-33-24-8-5-21(25)15-26-24/h3-8,15,20,23H,9-14,16-18H2,1-2H3. The Morgan fingerprint density at radius 1 is 1.03 bits per heavy atom. The molecule has 10 heteroatoms. The number of aromatic nitrogens is 1. The van der Waals surface area contributed by atoms with E-state index in [2.05, 4.69) is 26.9 Å². The van der Waals surface area contributed by atoms with Crippen molar-refractivity contribution < 1.29 is 17.9 Å². The fraction of sp³-hybridized carbons (Fsp3) is 0.542. The van der Waals surface area contributed by atoms with Crippen LogP contribution in [-0.4, -0.2) is 93.4 Å². The predicted octanol–water partition coefficient (Wildman–Crippen LogP) is 2.76. The van der Waals surface area contributed by atoms with Crippen molar-refractivity contribution in [1.29, 1.82) is 0 Å². The van der Waals surface area contributed by atoms with Crippen LogP contribution in [0.1, 0.15) is 17.9 Å². The Morgan fingerprint density at radius 3 is 2.38 bits per heavy atom. The van der Waals surface area contributed by atoms with E-state index in [1.807, 2.05) is 12.1 Å².